The van der Waals surface area contributed by atoms with Crippen molar-refractivity contribution in [2.24, 2.45) is 17.8 Å². The first-order chi connectivity index (χ1) is 10.7. The van der Waals surface area contributed by atoms with Gasteiger partial charge in [0.05, 0.1) is 13.2 Å². The number of likely N-dealkylation sites (tertiary alicyclic amines) is 1. The Morgan fingerprint density at radius 2 is 2.14 bits per heavy atom. The van der Waals surface area contributed by atoms with Crippen molar-refractivity contribution in [1.82, 2.24) is 4.90 Å². The summed E-state index contributed by atoms with van der Waals surface area (Å²) in [7, 11) is 3.97. The first kappa shape index (κ1) is 14.6. The summed E-state index contributed by atoms with van der Waals surface area (Å²) >= 11 is 0. The molecule has 0 aromatic heterocycles. The zero-order chi connectivity index (χ0) is 15.3. The molecule has 0 aromatic rings. The molecule has 0 spiro atoms. The van der Waals surface area contributed by atoms with E-state index in [1.54, 1.807) is 7.11 Å². The lowest BCUT2D eigenvalue weighted by Crippen LogP contribution is -2.55. The molecule has 1 saturated carbocycles. The number of hydrogen-bond acceptors (Lipinski definition) is 4. The molecule has 4 nitrogen and oxygen atoms in total. The quantitative estimate of drug-likeness (QED) is 0.807. The number of fused-ring (bicyclic) bond motifs is 2. The van der Waals surface area contributed by atoms with Crippen LogP contribution in [0, 0.1) is 17.8 Å². The van der Waals surface area contributed by atoms with Gasteiger partial charge in [0.15, 0.2) is 5.76 Å². The maximum Gasteiger partial charge on any atom is 0.156 e. The Hall–Kier alpha value is -1.00. The van der Waals surface area contributed by atoms with Crippen LogP contribution in [0.2, 0.25) is 0 Å². The van der Waals surface area contributed by atoms with E-state index in [0.717, 1.165) is 43.7 Å². The van der Waals surface area contributed by atoms with Crippen LogP contribution in [0.3, 0.4) is 0 Å². The third kappa shape index (κ3) is 2.28. The summed E-state index contributed by atoms with van der Waals surface area (Å²) in [6.45, 7) is 1.12. The molecule has 2 heterocycles. The Bertz CT molecular complexity index is 501. The zero-order valence-electron chi connectivity index (χ0n) is 13.6. The SMILES string of the molecule is COC1=C2CC(C=C1)C[C@@H]1[C@@H]3CCC(O)[C@H](O2)[C@H]3CCN1C. The van der Waals surface area contributed by atoms with Crippen molar-refractivity contribution in [3.8, 4) is 0 Å². The maximum atomic E-state index is 10.5. The van der Waals surface area contributed by atoms with Gasteiger partial charge in [0, 0.05) is 18.4 Å². The third-order valence-corrected chi connectivity index (χ3v) is 6.31. The van der Waals surface area contributed by atoms with Gasteiger partial charge in [-0.3, -0.25) is 0 Å². The van der Waals surface area contributed by atoms with E-state index < -0.39 is 0 Å². The van der Waals surface area contributed by atoms with Crippen molar-refractivity contribution in [3.63, 3.8) is 0 Å². The predicted octanol–water partition coefficient (Wildman–Crippen LogP) is 2.30. The Balaban J connectivity index is 1.74. The van der Waals surface area contributed by atoms with Gasteiger partial charge in [0.1, 0.15) is 11.9 Å². The zero-order valence-corrected chi connectivity index (χ0v) is 13.6. The van der Waals surface area contributed by atoms with Crippen LogP contribution < -0.4 is 0 Å². The second-order valence-electron chi connectivity index (χ2n) is 7.44. The number of hydrogen-bond donors (Lipinski definition) is 1. The normalized spacial score (nSPS) is 44.7. The average Bonchev–Trinajstić information content (AvgIpc) is 2.54. The number of rotatable bonds is 1. The molecule has 3 fully saturated rings. The second-order valence-corrected chi connectivity index (χ2v) is 7.44. The van der Waals surface area contributed by atoms with E-state index in [1.807, 2.05) is 0 Å². The molecule has 1 N–H and O–H groups in total. The Labute approximate surface area is 132 Å². The van der Waals surface area contributed by atoms with E-state index in [4.69, 9.17) is 9.47 Å². The van der Waals surface area contributed by atoms with Gasteiger partial charge in [0.2, 0.25) is 0 Å². The maximum absolute atomic E-state index is 10.5. The monoisotopic (exact) mass is 305 g/mol. The van der Waals surface area contributed by atoms with Crippen molar-refractivity contribution >= 4 is 0 Å². The first-order valence-electron chi connectivity index (χ1n) is 8.67. The predicted molar refractivity (Wildman–Crippen MR) is 84.0 cm³/mol. The van der Waals surface area contributed by atoms with Gasteiger partial charge in [-0.25, -0.2) is 0 Å². The molecule has 2 aliphatic carbocycles. The highest BCUT2D eigenvalue weighted by atomic mass is 16.5. The van der Waals surface area contributed by atoms with E-state index in [9.17, 15) is 5.11 Å². The molecule has 2 unspecified atom stereocenters. The van der Waals surface area contributed by atoms with Crippen LogP contribution in [0.15, 0.2) is 23.7 Å². The lowest BCUT2D eigenvalue weighted by Gasteiger charge is -2.50. The summed E-state index contributed by atoms with van der Waals surface area (Å²) in [6.07, 6.45) is 9.19. The molecule has 0 radical (unpaired) electrons. The summed E-state index contributed by atoms with van der Waals surface area (Å²) < 4.78 is 11.9. The van der Waals surface area contributed by atoms with E-state index in [-0.39, 0.29) is 12.2 Å². The van der Waals surface area contributed by atoms with Gasteiger partial charge >= 0.3 is 0 Å². The van der Waals surface area contributed by atoms with E-state index in [1.165, 1.54) is 6.42 Å². The molecule has 4 heteroatoms. The fourth-order valence-corrected chi connectivity index (χ4v) is 5.14. The minimum atomic E-state index is -0.335. The Kier molecular flexibility index (Phi) is 3.69. The number of nitrogens with zero attached hydrogens (tertiary/aromatic N) is 1. The van der Waals surface area contributed by atoms with E-state index in [0.29, 0.717) is 23.8 Å². The van der Waals surface area contributed by atoms with Crippen LogP contribution in [0.25, 0.3) is 0 Å². The Morgan fingerprint density at radius 1 is 1.27 bits per heavy atom. The smallest absolute Gasteiger partial charge is 0.156 e. The molecule has 4 rings (SSSR count). The van der Waals surface area contributed by atoms with Crippen molar-refractivity contribution in [2.45, 2.75) is 50.4 Å². The van der Waals surface area contributed by atoms with Gasteiger partial charge < -0.3 is 19.5 Å². The molecular weight excluding hydrogens is 278 g/mol. The number of aliphatic hydroxyl groups excluding tert-OH is 1. The standard InChI is InChI=1S/C18H27NO3/c1-19-8-7-13-12-4-5-15(20)18(13)22-17-10-11(9-14(12)19)3-6-16(17)21-2/h3,6,11-15,18,20H,4-5,7-10H2,1-2H3/t11?,12-,13+,14-,15?,18-/m1/s1. The van der Waals surface area contributed by atoms with Crippen LogP contribution >= 0.6 is 0 Å². The van der Waals surface area contributed by atoms with Crippen LogP contribution in [0.1, 0.15) is 32.1 Å². The lowest BCUT2D eigenvalue weighted by atomic mass is 9.67. The molecule has 0 amide bonds. The van der Waals surface area contributed by atoms with Crippen molar-refractivity contribution in [3.05, 3.63) is 23.7 Å². The molecule has 2 saturated heterocycles. The average molecular weight is 305 g/mol. The van der Waals surface area contributed by atoms with Gasteiger partial charge in [-0.15, -0.1) is 0 Å². The molecule has 4 aliphatic rings. The van der Waals surface area contributed by atoms with Crippen LogP contribution in [-0.4, -0.2) is 49.0 Å². The molecular formula is C18H27NO3. The highest BCUT2D eigenvalue weighted by Crippen LogP contribution is 2.46. The van der Waals surface area contributed by atoms with Crippen LogP contribution in [0.4, 0.5) is 0 Å². The lowest BCUT2D eigenvalue weighted by molar-refractivity contribution is -0.114. The molecule has 22 heavy (non-hydrogen) atoms. The van der Waals surface area contributed by atoms with Gasteiger partial charge in [-0.2, -0.15) is 0 Å². The van der Waals surface area contributed by atoms with Crippen LogP contribution in [0.5, 0.6) is 0 Å². The Morgan fingerprint density at radius 3 is 2.95 bits per heavy atom. The van der Waals surface area contributed by atoms with E-state index >= 15 is 0 Å². The van der Waals surface area contributed by atoms with Crippen LogP contribution in [-0.2, 0) is 9.47 Å². The van der Waals surface area contributed by atoms with Gasteiger partial charge in [-0.1, -0.05) is 6.08 Å². The highest BCUT2D eigenvalue weighted by Gasteiger charge is 2.48. The number of methoxy groups -OCH3 is 1. The highest BCUT2D eigenvalue weighted by molar-refractivity contribution is 5.24. The first-order valence-corrected chi connectivity index (χ1v) is 8.67. The second kappa shape index (κ2) is 5.57. The summed E-state index contributed by atoms with van der Waals surface area (Å²) in [6, 6.07) is 0.621. The number of aliphatic hydroxyl groups is 1. The van der Waals surface area contributed by atoms with Gasteiger partial charge in [-0.05, 0) is 57.2 Å². The minimum absolute atomic E-state index is 0.0552. The van der Waals surface area contributed by atoms with Crippen molar-refractivity contribution in [1.29, 1.82) is 0 Å². The summed E-state index contributed by atoms with van der Waals surface area (Å²) in [4.78, 5) is 2.55. The summed E-state index contributed by atoms with van der Waals surface area (Å²) in [5.74, 6) is 3.46. The fraction of sp³-hybridized carbons (Fsp3) is 0.778. The minimum Gasteiger partial charge on any atom is -0.493 e. The topological polar surface area (TPSA) is 41.9 Å². The number of piperidine rings is 1. The van der Waals surface area contributed by atoms with Gasteiger partial charge in [0.25, 0.3) is 0 Å². The third-order valence-electron chi connectivity index (χ3n) is 6.31. The van der Waals surface area contributed by atoms with Crippen molar-refractivity contribution < 1.29 is 14.6 Å². The molecule has 2 aliphatic heterocycles. The summed E-state index contributed by atoms with van der Waals surface area (Å²) in [5, 5.41) is 10.5. The molecule has 6 bridgehead atoms. The molecule has 6 atom stereocenters. The van der Waals surface area contributed by atoms with E-state index in [2.05, 4.69) is 24.1 Å². The number of ether oxygens (including phenoxy) is 2. The van der Waals surface area contributed by atoms with Crippen molar-refractivity contribution in [2.75, 3.05) is 20.7 Å². The largest absolute Gasteiger partial charge is 0.493 e. The summed E-state index contributed by atoms with van der Waals surface area (Å²) in [5.41, 5.74) is 0. The molecule has 0 aromatic carbocycles. The fourth-order valence-electron chi connectivity index (χ4n) is 5.14. The molecule has 122 valence electrons. The number of allylic oxidation sites excluding steroid dienone is 3.